The van der Waals surface area contributed by atoms with Crippen molar-refractivity contribution in [2.75, 3.05) is 0 Å². The van der Waals surface area contributed by atoms with E-state index in [9.17, 15) is 15.2 Å². The van der Waals surface area contributed by atoms with E-state index >= 15 is 0 Å². The van der Waals surface area contributed by atoms with Gasteiger partial charge in [0.15, 0.2) is 0 Å². The molecule has 0 saturated carbocycles. The van der Waals surface area contributed by atoms with Crippen LogP contribution in [0.4, 0.5) is 0 Å². The molecule has 0 fully saturated rings. The lowest BCUT2D eigenvalue weighted by Gasteiger charge is -2.41. The van der Waals surface area contributed by atoms with Crippen LogP contribution >= 0.6 is 0 Å². The molecule has 0 spiro atoms. The van der Waals surface area contributed by atoms with Gasteiger partial charge in [-0.25, -0.2) is 0 Å². The Hall–Kier alpha value is -2.78. The van der Waals surface area contributed by atoms with Crippen LogP contribution in [0, 0.1) is 24.2 Å². The number of aliphatic hydroxyl groups excluding tert-OH is 1. The number of ether oxygens (including phenoxy) is 1. The average molecular weight is 382 g/mol. The summed E-state index contributed by atoms with van der Waals surface area (Å²) >= 11 is 0. The number of hydrogen-bond donors (Lipinski definition) is 1. The number of allylic oxidation sites excluding steroid dienone is 1. The van der Waals surface area contributed by atoms with Gasteiger partial charge in [0.05, 0.1) is 17.2 Å². The van der Waals surface area contributed by atoms with E-state index in [1.54, 1.807) is 39.0 Å². The Kier molecular flexibility index (Phi) is 4.99. The molecule has 2 unspecified atom stereocenters. The summed E-state index contributed by atoms with van der Waals surface area (Å²) < 4.78 is 13.0. The quantitative estimate of drug-likeness (QED) is 0.815. The molecule has 1 aromatic heterocycles. The van der Waals surface area contributed by atoms with Crippen LogP contribution in [0.15, 0.2) is 40.2 Å². The van der Waals surface area contributed by atoms with E-state index < -0.39 is 17.7 Å². The Balaban J connectivity index is 2.22. The van der Waals surface area contributed by atoms with Crippen LogP contribution in [0.25, 0.3) is 0 Å². The number of benzene rings is 1. The molecular formula is C22H26N2O4. The third-order valence-corrected chi connectivity index (χ3v) is 5.76. The minimum absolute atomic E-state index is 0.0788. The van der Waals surface area contributed by atoms with Crippen LogP contribution in [0.3, 0.4) is 0 Å². The van der Waals surface area contributed by atoms with Gasteiger partial charge in [-0.05, 0) is 50.8 Å². The summed E-state index contributed by atoms with van der Waals surface area (Å²) in [6, 6.07) is 6.28. The maximum atomic E-state index is 13.3. The summed E-state index contributed by atoms with van der Waals surface area (Å²) in [7, 11) is 0. The molecule has 0 amide bonds. The minimum Gasteiger partial charge on any atom is -0.485 e. The van der Waals surface area contributed by atoms with Gasteiger partial charge < -0.3 is 14.4 Å². The summed E-state index contributed by atoms with van der Waals surface area (Å²) in [4.78, 5) is 13.3. The number of nitriles is 1. The highest BCUT2D eigenvalue weighted by atomic mass is 16.5. The second-order valence-corrected chi connectivity index (χ2v) is 8.04. The lowest BCUT2D eigenvalue weighted by Crippen LogP contribution is -2.51. The van der Waals surface area contributed by atoms with E-state index in [1.165, 1.54) is 4.74 Å². The Morgan fingerprint density at radius 2 is 2.07 bits per heavy atom. The van der Waals surface area contributed by atoms with Crippen molar-refractivity contribution in [3.8, 4) is 11.8 Å². The van der Waals surface area contributed by atoms with Crippen molar-refractivity contribution < 1.29 is 14.4 Å². The third kappa shape index (κ3) is 3.06. The van der Waals surface area contributed by atoms with Crippen molar-refractivity contribution in [1.29, 1.82) is 5.26 Å². The highest BCUT2D eigenvalue weighted by Crippen LogP contribution is 2.42. The van der Waals surface area contributed by atoms with E-state index in [4.69, 9.17) is 9.26 Å². The molecule has 0 saturated heterocycles. The first kappa shape index (κ1) is 20.0. The molecule has 1 aliphatic rings. The Labute approximate surface area is 164 Å². The summed E-state index contributed by atoms with van der Waals surface area (Å²) in [5.74, 6) is 1.05. The number of fused-ring (bicyclic) bond motifs is 1. The number of aryl methyl sites for hydroxylation is 1. The molecule has 6 nitrogen and oxygen atoms in total. The first-order valence-corrected chi connectivity index (χ1v) is 9.38. The normalized spacial score (nSPS) is 22.5. The second kappa shape index (κ2) is 6.99. The van der Waals surface area contributed by atoms with Crippen molar-refractivity contribution in [2.45, 2.75) is 58.3 Å². The fraction of sp³-hybridized carbons (Fsp3) is 0.455. The maximum Gasteiger partial charge on any atom is 0.286 e. The third-order valence-electron chi connectivity index (χ3n) is 5.76. The van der Waals surface area contributed by atoms with Gasteiger partial charge in [0.1, 0.15) is 29.3 Å². The highest BCUT2D eigenvalue weighted by Gasteiger charge is 2.46. The van der Waals surface area contributed by atoms with Crippen LogP contribution in [0.2, 0.25) is 0 Å². The molecule has 0 bridgehead atoms. The Morgan fingerprint density at radius 1 is 1.39 bits per heavy atom. The highest BCUT2D eigenvalue weighted by molar-refractivity contribution is 5.46. The van der Waals surface area contributed by atoms with Gasteiger partial charge >= 0.3 is 0 Å². The molecule has 4 atom stereocenters. The van der Waals surface area contributed by atoms with E-state index in [-0.39, 0.29) is 17.4 Å². The predicted octanol–water partition coefficient (Wildman–Crippen LogP) is 3.67. The van der Waals surface area contributed by atoms with Gasteiger partial charge in [0.2, 0.25) is 0 Å². The predicted molar refractivity (Wildman–Crippen MR) is 105 cm³/mol. The number of aliphatic hydroxyl groups is 1. The van der Waals surface area contributed by atoms with E-state index in [0.717, 1.165) is 0 Å². The number of aromatic nitrogens is 1. The molecule has 1 N–H and O–H groups in total. The summed E-state index contributed by atoms with van der Waals surface area (Å²) in [6.45, 7) is 13.0. The summed E-state index contributed by atoms with van der Waals surface area (Å²) in [6.07, 6.45) is 0.763. The van der Waals surface area contributed by atoms with Crippen molar-refractivity contribution in [3.63, 3.8) is 0 Å². The zero-order valence-corrected chi connectivity index (χ0v) is 16.9. The van der Waals surface area contributed by atoms with Gasteiger partial charge in [-0.15, -0.1) is 6.58 Å². The maximum absolute atomic E-state index is 13.3. The van der Waals surface area contributed by atoms with Gasteiger partial charge in [-0.3, -0.25) is 4.79 Å². The fourth-order valence-corrected chi connectivity index (χ4v) is 3.76. The zero-order valence-electron chi connectivity index (χ0n) is 16.9. The van der Waals surface area contributed by atoms with Crippen molar-refractivity contribution in [1.82, 2.24) is 4.74 Å². The van der Waals surface area contributed by atoms with Crippen LogP contribution < -0.4 is 10.3 Å². The number of hydrogen-bond acceptors (Lipinski definition) is 5. The largest absolute Gasteiger partial charge is 0.485 e. The van der Waals surface area contributed by atoms with Crippen LogP contribution in [-0.2, 0) is 0 Å². The first-order chi connectivity index (χ1) is 13.1. The lowest BCUT2D eigenvalue weighted by atomic mass is 9.85. The summed E-state index contributed by atoms with van der Waals surface area (Å²) in [5, 5.41) is 20.3. The molecule has 1 aliphatic heterocycles. The van der Waals surface area contributed by atoms with E-state index in [2.05, 4.69) is 12.6 Å². The molecule has 0 radical (unpaired) electrons. The van der Waals surface area contributed by atoms with Gasteiger partial charge in [0, 0.05) is 5.56 Å². The molecule has 6 heteroatoms. The monoisotopic (exact) mass is 382 g/mol. The number of rotatable bonds is 4. The smallest absolute Gasteiger partial charge is 0.286 e. The number of nitrogens with zero attached hydrogens (tertiary/aromatic N) is 2. The van der Waals surface area contributed by atoms with Crippen LogP contribution in [-0.4, -0.2) is 21.6 Å². The second-order valence-electron chi connectivity index (χ2n) is 8.04. The summed E-state index contributed by atoms with van der Waals surface area (Å²) in [5.41, 5.74) is 0.324. The molecular weight excluding hydrogens is 356 g/mol. The molecule has 1 aromatic carbocycles. The minimum atomic E-state index is -1.04. The van der Waals surface area contributed by atoms with Crippen molar-refractivity contribution in [2.24, 2.45) is 5.92 Å². The topological polar surface area (TPSA) is 88.4 Å². The van der Waals surface area contributed by atoms with Gasteiger partial charge in [0.25, 0.3) is 5.56 Å². The van der Waals surface area contributed by atoms with E-state index in [0.29, 0.717) is 28.2 Å². The average Bonchev–Trinajstić information content (AvgIpc) is 2.94. The SMILES string of the molecule is C=CC(C)C(C)c1c(C)on([C@@H]2c3cc(C#N)ccc3OC(C)(C)[C@H]2O)c1=O. The van der Waals surface area contributed by atoms with E-state index in [1.807, 2.05) is 19.9 Å². The lowest BCUT2D eigenvalue weighted by molar-refractivity contribution is -0.0777. The van der Waals surface area contributed by atoms with Crippen molar-refractivity contribution in [3.05, 3.63) is 63.7 Å². The first-order valence-electron chi connectivity index (χ1n) is 9.38. The fourth-order valence-electron chi connectivity index (χ4n) is 3.76. The van der Waals surface area contributed by atoms with Crippen LogP contribution in [0.1, 0.15) is 62.1 Å². The van der Waals surface area contributed by atoms with Crippen molar-refractivity contribution >= 4 is 0 Å². The zero-order chi connectivity index (χ0) is 20.8. The molecule has 3 rings (SSSR count). The molecule has 2 heterocycles. The Bertz CT molecular complexity index is 1010. The van der Waals surface area contributed by atoms with Gasteiger partial charge in [-0.1, -0.05) is 19.9 Å². The molecule has 28 heavy (non-hydrogen) atoms. The molecule has 0 aliphatic carbocycles. The Morgan fingerprint density at radius 3 is 2.68 bits per heavy atom. The molecule has 148 valence electrons. The standard InChI is InChI=1S/C22H26N2O4/c1-7-12(2)13(3)18-14(4)28-24(21(18)26)19-16-10-15(11-23)8-9-17(16)27-22(5,6)20(19)25/h7-10,12-13,19-20,25H,1H2,2-6H3/t12?,13?,19-,20+/m1/s1. The van der Waals surface area contributed by atoms with Crippen LogP contribution in [0.5, 0.6) is 5.75 Å². The molecule has 2 aromatic rings. The van der Waals surface area contributed by atoms with Gasteiger partial charge in [-0.2, -0.15) is 10.0 Å².